The molecule has 2 nitrogen and oxygen atoms in total. The third kappa shape index (κ3) is 3.00. The fraction of sp³-hybridized carbons (Fsp3) is 0.182. The highest BCUT2D eigenvalue weighted by molar-refractivity contribution is 5.68. The summed E-state index contributed by atoms with van der Waals surface area (Å²) in [5.74, 6) is 0.232. The van der Waals surface area contributed by atoms with Gasteiger partial charge in [0, 0.05) is 17.3 Å². The van der Waals surface area contributed by atoms with Crippen molar-refractivity contribution in [3.05, 3.63) is 82.9 Å². The van der Waals surface area contributed by atoms with Gasteiger partial charge >= 0.3 is 0 Å². The Labute approximate surface area is 144 Å². The molecule has 0 saturated heterocycles. The van der Waals surface area contributed by atoms with E-state index in [1.54, 1.807) is 0 Å². The quantitative estimate of drug-likeness (QED) is 0.645. The van der Waals surface area contributed by atoms with Gasteiger partial charge < -0.3 is 11.5 Å². The van der Waals surface area contributed by atoms with Gasteiger partial charge in [0.15, 0.2) is 0 Å². The summed E-state index contributed by atoms with van der Waals surface area (Å²) in [5, 5.41) is 0. The zero-order valence-electron chi connectivity index (χ0n) is 14.5. The van der Waals surface area contributed by atoms with Crippen molar-refractivity contribution >= 4 is 11.4 Å². The van der Waals surface area contributed by atoms with Crippen LogP contribution in [0.1, 0.15) is 35.1 Å². The molecule has 122 valence electrons. The number of benzene rings is 3. The zero-order valence-corrected chi connectivity index (χ0v) is 14.5. The molecule has 0 radical (unpaired) electrons. The SMILES string of the molecule is Cc1cc(C(C)c2ccc(-c3ccccc3C)cc2)c(N)cc1N. The minimum atomic E-state index is 0.232. The van der Waals surface area contributed by atoms with Crippen LogP contribution in [0.2, 0.25) is 0 Å². The highest BCUT2D eigenvalue weighted by Crippen LogP contribution is 2.33. The molecule has 2 heteroatoms. The molecule has 0 bridgehead atoms. The van der Waals surface area contributed by atoms with Crippen molar-refractivity contribution in [3.63, 3.8) is 0 Å². The molecular formula is C22H24N2. The molecule has 24 heavy (non-hydrogen) atoms. The summed E-state index contributed by atoms with van der Waals surface area (Å²) in [6.45, 7) is 6.35. The van der Waals surface area contributed by atoms with Gasteiger partial charge in [-0.05, 0) is 53.3 Å². The largest absolute Gasteiger partial charge is 0.398 e. The van der Waals surface area contributed by atoms with Crippen LogP contribution in [0.15, 0.2) is 60.7 Å². The van der Waals surface area contributed by atoms with Gasteiger partial charge in [-0.15, -0.1) is 0 Å². The van der Waals surface area contributed by atoms with E-state index in [4.69, 9.17) is 11.5 Å². The maximum Gasteiger partial charge on any atom is 0.0373 e. The Morgan fingerprint density at radius 2 is 1.42 bits per heavy atom. The van der Waals surface area contributed by atoms with Gasteiger partial charge in [-0.1, -0.05) is 61.5 Å². The summed E-state index contributed by atoms with van der Waals surface area (Å²) < 4.78 is 0. The zero-order chi connectivity index (χ0) is 17.3. The van der Waals surface area contributed by atoms with Gasteiger partial charge in [0.05, 0.1) is 0 Å². The smallest absolute Gasteiger partial charge is 0.0373 e. The second-order valence-electron chi connectivity index (χ2n) is 6.50. The molecule has 3 aromatic rings. The molecule has 3 rings (SSSR count). The van der Waals surface area contributed by atoms with Crippen LogP contribution < -0.4 is 11.5 Å². The molecule has 0 amide bonds. The fourth-order valence-electron chi connectivity index (χ4n) is 3.17. The number of anilines is 2. The average molecular weight is 316 g/mol. The Bertz CT molecular complexity index is 864. The predicted octanol–water partition coefficient (Wildman–Crippen LogP) is 5.29. The molecule has 0 aliphatic carbocycles. The van der Waals surface area contributed by atoms with Crippen molar-refractivity contribution in [3.8, 4) is 11.1 Å². The normalized spacial score (nSPS) is 12.1. The van der Waals surface area contributed by atoms with E-state index in [-0.39, 0.29) is 5.92 Å². The number of hydrogen-bond acceptors (Lipinski definition) is 2. The summed E-state index contributed by atoms with van der Waals surface area (Å²) in [7, 11) is 0. The lowest BCUT2D eigenvalue weighted by atomic mass is 9.89. The molecular weight excluding hydrogens is 292 g/mol. The van der Waals surface area contributed by atoms with Crippen LogP contribution in [0.25, 0.3) is 11.1 Å². The fourth-order valence-corrected chi connectivity index (χ4v) is 3.17. The highest BCUT2D eigenvalue weighted by atomic mass is 14.6. The standard InChI is InChI=1S/C22H24N2/c1-14-6-4-5-7-19(14)18-10-8-17(9-11-18)16(3)20-12-15(2)21(23)13-22(20)24/h4-13,16H,23-24H2,1-3H3. The third-order valence-corrected chi connectivity index (χ3v) is 4.80. The maximum atomic E-state index is 6.19. The number of rotatable bonds is 3. The molecule has 0 aliphatic rings. The van der Waals surface area contributed by atoms with Gasteiger partial charge in [-0.3, -0.25) is 0 Å². The Morgan fingerprint density at radius 3 is 2.08 bits per heavy atom. The third-order valence-electron chi connectivity index (χ3n) is 4.80. The Hall–Kier alpha value is -2.74. The minimum Gasteiger partial charge on any atom is -0.398 e. The molecule has 0 heterocycles. The van der Waals surface area contributed by atoms with Crippen LogP contribution in [0.5, 0.6) is 0 Å². The van der Waals surface area contributed by atoms with Crippen molar-refractivity contribution in [2.45, 2.75) is 26.7 Å². The van der Waals surface area contributed by atoms with Gasteiger partial charge in [-0.2, -0.15) is 0 Å². The van der Waals surface area contributed by atoms with E-state index in [0.29, 0.717) is 0 Å². The van der Waals surface area contributed by atoms with Crippen molar-refractivity contribution < 1.29 is 0 Å². The highest BCUT2D eigenvalue weighted by Gasteiger charge is 2.13. The monoisotopic (exact) mass is 316 g/mol. The summed E-state index contributed by atoms with van der Waals surface area (Å²) in [5.41, 5.74) is 20.9. The van der Waals surface area contributed by atoms with Crippen LogP contribution >= 0.6 is 0 Å². The van der Waals surface area contributed by atoms with Crippen LogP contribution in [0, 0.1) is 13.8 Å². The molecule has 4 N–H and O–H groups in total. The van der Waals surface area contributed by atoms with Gasteiger partial charge in [0.2, 0.25) is 0 Å². The van der Waals surface area contributed by atoms with Gasteiger partial charge in [0.25, 0.3) is 0 Å². The topological polar surface area (TPSA) is 52.0 Å². The van der Waals surface area contributed by atoms with Crippen LogP contribution in [-0.4, -0.2) is 0 Å². The van der Waals surface area contributed by atoms with Crippen LogP contribution in [-0.2, 0) is 0 Å². The summed E-state index contributed by atoms with van der Waals surface area (Å²) in [6, 6.07) is 21.2. The lowest BCUT2D eigenvalue weighted by Crippen LogP contribution is -2.04. The van der Waals surface area contributed by atoms with Crippen LogP contribution in [0.4, 0.5) is 11.4 Å². The van der Waals surface area contributed by atoms with E-state index in [1.165, 1.54) is 22.3 Å². The summed E-state index contributed by atoms with van der Waals surface area (Å²) in [4.78, 5) is 0. The first-order chi connectivity index (χ1) is 11.5. The number of hydrogen-bond donors (Lipinski definition) is 2. The predicted molar refractivity (Wildman–Crippen MR) is 104 cm³/mol. The van der Waals surface area contributed by atoms with Crippen molar-refractivity contribution in [1.29, 1.82) is 0 Å². The molecule has 0 spiro atoms. The number of nitrogen functional groups attached to an aromatic ring is 2. The van der Waals surface area contributed by atoms with Crippen molar-refractivity contribution in [1.82, 2.24) is 0 Å². The minimum absolute atomic E-state index is 0.232. The molecule has 0 aromatic heterocycles. The van der Waals surface area contributed by atoms with E-state index in [2.05, 4.69) is 68.4 Å². The van der Waals surface area contributed by atoms with E-state index in [0.717, 1.165) is 22.5 Å². The molecule has 1 atom stereocenters. The molecule has 0 saturated carbocycles. The first-order valence-corrected chi connectivity index (χ1v) is 8.29. The van der Waals surface area contributed by atoms with Gasteiger partial charge in [0.1, 0.15) is 0 Å². The van der Waals surface area contributed by atoms with E-state index in [1.807, 2.05) is 13.0 Å². The lowest BCUT2D eigenvalue weighted by Gasteiger charge is -2.17. The maximum absolute atomic E-state index is 6.19. The summed E-state index contributed by atoms with van der Waals surface area (Å²) >= 11 is 0. The first kappa shape index (κ1) is 16.1. The number of nitrogens with two attached hydrogens (primary N) is 2. The number of aryl methyl sites for hydroxylation is 2. The Balaban J connectivity index is 1.94. The Kier molecular flexibility index (Phi) is 4.30. The second-order valence-corrected chi connectivity index (χ2v) is 6.50. The van der Waals surface area contributed by atoms with E-state index >= 15 is 0 Å². The molecule has 3 aromatic carbocycles. The second kappa shape index (κ2) is 6.40. The molecule has 0 aliphatic heterocycles. The average Bonchev–Trinajstić information content (AvgIpc) is 2.58. The molecule has 1 unspecified atom stereocenters. The summed E-state index contributed by atoms with van der Waals surface area (Å²) in [6.07, 6.45) is 0. The van der Waals surface area contributed by atoms with Crippen LogP contribution in [0.3, 0.4) is 0 Å². The van der Waals surface area contributed by atoms with E-state index in [9.17, 15) is 0 Å². The van der Waals surface area contributed by atoms with Gasteiger partial charge in [-0.25, -0.2) is 0 Å². The van der Waals surface area contributed by atoms with E-state index < -0.39 is 0 Å². The van der Waals surface area contributed by atoms with Crippen molar-refractivity contribution in [2.24, 2.45) is 0 Å². The Morgan fingerprint density at radius 1 is 0.750 bits per heavy atom. The molecule has 0 fully saturated rings. The van der Waals surface area contributed by atoms with Crippen molar-refractivity contribution in [2.75, 3.05) is 11.5 Å². The lowest BCUT2D eigenvalue weighted by molar-refractivity contribution is 0.924. The first-order valence-electron chi connectivity index (χ1n) is 8.29.